The van der Waals surface area contributed by atoms with E-state index in [-0.39, 0.29) is 22.8 Å². The van der Waals surface area contributed by atoms with Crippen molar-refractivity contribution in [2.24, 2.45) is 0 Å². The van der Waals surface area contributed by atoms with Gasteiger partial charge in [0, 0.05) is 25.0 Å². The summed E-state index contributed by atoms with van der Waals surface area (Å²) in [5.41, 5.74) is -0.0223. The zero-order valence-corrected chi connectivity index (χ0v) is 12.4. The number of halogens is 1. The Kier molecular flexibility index (Phi) is 4.88. The second-order valence-electron chi connectivity index (χ2n) is 4.72. The van der Waals surface area contributed by atoms with Gasteiger partial charge in [-0.15, -0.1) is 0 Å². The number of benzene rings is 1. The van der Waals surface area contributed by atoms with Crippen molar-refractivity contribution in [3.63, 3.8) is 0 Å². The van der Waals surface area contributed by atoms with Crippen molar-refractivity contribution in [3.8, 4) is 5.75 Å². The largest absolute Gasteiger partial charge is 0.494 e. The van der Waals surface area contributed by atoms with Crippen molar-refractivity contribution in [2.45, 2.75) is 12.0 Å². The van der Waals surface area contributed by atoms with E-state index in [9.17, 15) is 9.18 Å². The minimum Gasteiger partial charge on any atom is -0.494 e. The SMILES string of the molecule is COc1ccc(C(=O)NC[C@]2(OC)CCSC2)cc1F. The minimum atomic E-state index is -0.543. The lowest BCUT2D eigenvalue weighted by Gasteiger charge is -2.26. The number of hydrogen-bond acceptors (Lipinski definition) is 4. The Morgan fingerprint density at radius 1 is 1.50 bits per heavy atom. The highest BCUT2D eigenvalue weighted by Gasteiger charge is 2.34. The number of hydrogen-bond donors (Lipinski definition) is 1. The Morgan fingerprint density at radius 3 is 2.85 bits per heavy atom. The first-order chi connectivity index (χ1) is 9.60. The van der Waals surface area contributed by atoms with Crippen LogP contribution in [0.4, 0.5) is 4.39 Å². The second kappa shape index (κ2) is 6.45. The van der Waals surface area contributed by atoms with Crippen LogP contribution < -0.4 is 10.1 Å². The van der Waals surface area contributed by atoms with Gasteiger partial charge in [-0.2, -0.15) is 11.8 Å². The Balaban J connectivity index is 1.99. The van der Waals surface area contributed by atoms with Gasteiger partial charge >= 0.3 is 0 Å². The summed E-state index contributed by atoms with van der Waals surface area (Å²) in [5, 5.41) is 2.81. The van der Waals surface area contributed by atoms with Gasteiger partial charge in [0.1, 0.15) is 0 Å². The maximum atomic E-state index is 13.6. The number of carbonyl (C=O) groups excluding carboxylic acids is 1. The summed E-state index contributed by atoms with van der Waals surface area (Å²) < 4.78 is 23.9. The second-order valence-corrected chi connectivity index (χ2v) is 5.83. The average Bonchev–Trinajstić information content (AvgIpc) is 2.94. The van der Waals surface area contributed by atoms with E-state index in [0.717, 1.165) is 17.9 Å². The molecule has 1 aromatic carbocycles. The lowest BCUT2D eigenvalue weighted by atomic mass is 10.0. The van der Waals surface area contributed by atoms with Gasteiger partial charge in [-0.1, -0.05) is 0 Å². The standard InChI is InChI=1S/C14H18FNO3S/c1-18-12-4-3-10(7-11(12)15)13(17)16-8-14(19-2)5-6-20-9-14/h3-4,7H,5-6,8-9H2,1-2H3,(H,16,17)/t14-/m1/s1. The number of carbonyl (C=O) groups is 1. The minimum absolute atomic E-state index is 0.127. The third-order valence-electron chi connectivity index (χ3n) is 3.49. The van der Waals surface area contributed by atoms with Crippen molar-refractivity contribution >= 4 is 17.7 Å². The molecule has 110 valence electrons. The third-order valence-corrected chi connectivity index (χ3v) is 4.71. The van der Waals surface area contributed by atoms with Crippen molar-refractivity contribution in [1.29, 1.82) is 0 Å². The van der Waals surface area contributed by atoms with Gasteiger partial charge in [0.15, 0.2) is 11.6 Å². The number of nitrogens with one attached hydrogen (secondary N) is 1. The molecule has 0 spiro atoms. The van der Waals surface area contributed by atoms with E-state index in [1.807, 2.05) is 11.8 Å². The molecule has 1 N–H and O–H groups in total. The Hall–Kier alpha value is -1.27. The fourth-order valence-electron chi connectivity index (χ4n) is 2.11. The Labute approximate surface area is 122 Å². The predicted molar refractivity (Wildman–Crippen MR) is 77.0 cm³/mol. The molecule has 0 bridgehead atoms. The van der Waals surface area contributed by atoms with Crippen LogP contribution in [0.25, 0.3) is 0 Å². The summed E-state index contributed by atoms with van der Waals surface area (Å²) >= 11 is 1.81. The summed E-state index contributed by atoms with van der Waals surface area (Å²) in [5.74, 6) is 1.17. The molecule has 1 fully saturated rings. The van der Waals surface area contributed by atoms with E-state index in [1.165, 1.54) is 19.2 Å². The van der Waals surface area contributed by atoms with Gasteiger partial charge in [-0.05, 0) is 30.4 Å². The van der Waals surface area contributed by atoms with Crippen molar-refractivity contribution < 1.29 is 18.7 Å². The monoisotopic (exact) mass is 299 g/mol. The van der Waals surface area contributed by atoms with Crippen molar-refractivity contribution in [1.82, 2.24) is 5.32 Å². The van der Waals surface area contributed by atoms with Gasteiger partial charge in [0.2, 0.25) is 0 Å². The summed E-state index contributed by atoms with van der Waals surface area (Å²) in [6.07, 6.45) is 0.908. The fourth-order valence-corrected chi connectivity index (χ4v) is 3.51. The lowest BCUT2D eigenvalue weighted by Crippen LogP contribution is -2.44. The van der Waals surface area contributed by atoms with Gasteiger partial charge in [-0.3, -0.25) is 4.79 Å². The number of ether oxygens (including phenoxy) is 2. The van der Waals surface area contributed by atoms with Gasteiger partial charge < -0.3 is 14.8 Å². The molecule has 0 aliphatic carbocycles. The molecule has 4 nitrogen and oxygen atoms in total. The van der Waals surface area contributed by atoms with Crippen LogP contribution in [0, 0.1) is 5.82 Å². The number of rotatable bonds is 5. The maximum absolute atomic E-state index is 13.6. The highest BCUT2D eigenvalue weighted by atomic mass is 32.2. The highest BCUT2D eigenvalue weighted by molar-refractivity contribution is 7.99. The molecule has 1 aliphatic rings. The van der Waals surface area contributed by atoms with E-state index < -0.39 is 5.82 Å². The van der Waals surface area contributed by atoms with Crippen molar-refractivity contribution in [3.05, 3.63) is 29.6 Å². The van der Waals surface area contributed by atoms with Gasteiger partial charge in [-0.25, -0.2) is 4.39 Å². The fraction of sp³-hybridized carbons (Fsp3) is 0.500. The molecule has 0 saturated carbocycles. The molecular weight excluding hydrogens is 281 g/mol. The van der Waals surface area contributed by atoms with Crippen LogP contribution in [-0.4, -0.2) is 43.8 Å². The van der Waals surface area contributed by atoms with E-state index >= 15 is 0 Å². The van der Waals surface area contributed by atoms with E-state index in [1.54, 1.807) is 13.2 Å². The van der Waals surface area contributed by atoms with E-state index in [2.05, 4.69) is 5.32 Å². The van der Waals surface area contributed by atoms with Gasteiger partial charge in [0.25, 0.3) is 5.91 Å². The maximum Gasteiger partial charge on any atom is 0.251 e. The van der Waals surface area contributed by atoms with Crippen LogP contribution in [0.2, 0.25) is 0 Å². The molecule has 20 heavy (non-hydrogen) atoms. The predicted octanol–water partition coefficient (Wildman–Crippen LogP) is 2.09. The molecule has 1 atom stereocenters. The molecule has 1 amide bonds. The third kappa shape index (κ3) is 3.24. The summed E-state index contributed by atoms with van der Waals surface area (Å²) in [7, 11) is 3.04. The zero-order chi connectivity index (χ0) is 14.6. The topological polar surface area (TPSA) is 47.6 Å². The Bertz CT molecular complexity index is 489. The van der Waals surface area contributed by atoms with E-state index in [4.69, 9.17) is 9.47 Å². The Morgan fingerprint density at radius 2 is 2.30 bits per heavy atom. The van der Waals surface area contributed by atoms with Crippen molar-refractivity contribution in [2.75, 3.05) is 32.3 Å². The van der Waals surface area contributed by atoms with Crippen LogP contribution >= 0.6 is 11.8 Å². The first-order valence-corrected chi connectivity index (χ1v) is 7.50. The van der Waals surface area contributed by atoms with Crippen LogP contribution in [0.5, 0.6) is 5.75 Å². The van der Waals surface area contributed by atoms with Crippen LogP contribution in [-0.2, 0) is 4.74 Å². The molecular formula is C14H18FNO3S. The highest BCUT2D eigenvalue weighted by Crippen LogP contribution is 2.30. The van der Waals surface area contributed by atoms with Crippen LogP contribution in [0.15, 0.2) is 18.2 Å². The van der Waals surface area contributed by atoms with Crippen LogP contribution in [0.3, 0.4) is 0 Å². The van der Waals surface area contributed by atoms with Gasteiger partial charge in [0.05, 0.1) is 12.7 Å². The number of thioether (sulfide) groups is 1. The quantitative estimate of drug-likeness (QED) is 0.904. The summed E-state index contributed by atoms with van der Waals surface area (Å²) in [6, 6.07) is 4.17. The molecule has 1 aliphatic heterocycles. The first kappa shape index (κ1) is 15.1. The molecule has 0 unspecified atom stereocenters. The summed E-state index contributed by atoms with van der Waals surface area (Å²) in [4.78, 5) is 12.0. The number of amides is 1. The smallest absolute Gasteiger partial charge is 0.251 e. The zero-order valence-electron chi connectivity index (χ0n) is 11.6. The molecule has 1 saturated heterocycles. The summed E-state index contributed by atoms with van der Waals surface area (Å²) in [6.45, 7) is 0.434. The van der Waals surface area contributed by atoms with Crippen LogP contribution in [0.1, 0.15) is 16.8 Å². The molecule has 0 aromatic heterocycles. The normalized spacial score (nSPS) is 21.8. The molecule has 1 aromatic rings. The first-order valence-electron chi connectivity index (χ1n) is 6.35. The average molecular weight is 299 g/mol. The molecule has 0 radical (unpaired) electrons. The molecule has 6 heteroatoms. The molecule has 2 rings (SSSR count). The molecule has 1 heterocycles. The lowest BCUT2D eigenvalue weighted by molar-refractivity contribution is 0.0137. The number of methoxy groups -OCH3 is 2. The van der Waals surface area contributed by atoms with E-state index in [0.29, 0.717) is 6.54 Å².